The van der Waals surface area contributed by atoms with Crippen LogP contribution in [0.15, 0.2) is 24.3 Å². The van der Waals surface area contributed by atoms with E-state index in [1.165, 1.54) is 0 Å². The van der Waals surface area contributed by atoms with E-state index in [1.54, 1.807) is 7.11 Å². The van der Waals surface area contributed by atoms with E-state index in [1.807, 2.05) is 38.1 Å². The minimum absolute atomic E-state index is 0.218. The Morgan fingerprint density at radius 1 is 1.30 bits per heavy atom. The van der Waals surface area contributed by atoms with E-state index in [9.17, 15) is 4.79 Å². The van der Waals surface area contributed by atoms with Gasteiger partial charge in [0.05, 0.1) is 13.7 Å². The summed E-state index contributed by atoms with van der Waals surface area (Å²) in [5.41, 5.74) is 0.153. The first-order valence-corrected chi connectivity index (χ1v) is 7.00. The molecule has 0 bridgehead atoms. The molecule has 1 atom stereocenters. The molecule has 1 aromatic carbocycles. The van der Waals surface area contributed by atoms with Gasteiger partial charge in [-0.2, -0.15) is 0 Å². The topological polar surface area (TPSA) is 47.6 Å². The number of methoxy groups -OCH3 is 1. The highest BCUT2D eigenvalue weighted by Crippen LogP contribution is 2.25. The van der Waals surface area contributed by atoms with Crippen molar-refractivity contribution in [2.75, 3.05) is 19.0 Å². The molecule has 1 rings (SSSR count). The Balaban J connectivity index is 2.90. The van der Waals surface area contributed by atoms with E-state index in [0.717, 1.165) is 11.4 Å². The fourth-order valence-corrected chi connectivity index (χ4v) is 2.29. The fourth-order valence-electron chi connectivity index (χ4n) is 2.29. The van der Waals surface area contributed by atoms with E-state index in [-0.39, 0.29) is 5.97 Å². The average Bonchev–Trinajstić information content (AvgIpc) is 2.39. The van der Waals surface area contributed by atoms with Gasteiger partial charge in [-0.1, -0.05) is 13.8 Å². The number of hydrogen-bond donors (Lipinski definition) is 1. The van der Waals surface area contributed by atoms with E-state index >= 15 is 0 Å². The monoisotopic (exact) mass is 279 g/mol. The molecule has 0 unspecified atom stereocenters. The highest BCUT2D eigenvalue weighted by atomic mass is 16.5. The first-order chi connectivity index (χ1) is 9.41. The number of nitrogens with one attached hydrogen (secondary N) is 1. The van der Waals surface area contributed by atoms with Gasteiger partial charge in [0.2, 0.25) is 0 Å². The molecule has 1 aromatic rings. The van der Waals surface area contributed by atoms with Crippen molar-refractivity contribution >= 4 is 11.7 Å². The van der Waals surface area contributed by atoms with Gasteiger partial charge in [0.1, 0.15) is 11.3 Å². The summed E-state index contributed by atoms with van der Waals surface area (Å²) in [6, 6.07) is 7.53. The van der Waals surface area contributed by atoms with Crippen LogP contribution in [0.3, 0.4) is 0 Å². The maximum atomic E-state index is 12.2. The summed E-state index contributed by atoms with van der Waals surface area (Å²) >= 11 is 0. The molecule has 0 spiro atoms. The molecule has 4 heteroatoms. The summed E-state index contributed by atoms with van der Waals surface area (Å²) in [6.45, 7) is 8.27. The molecular formula is C16H25NO3. The van der Waals surface area contributed by atoms with Gasteiger partial charge < -0.3 is 14.8 Å². The van der Waals surface area contributed by atoms with Gasteiger partial charge in [0, 0.05) is 5.69 Å². The van der Waals surface area contributed by atoms with Crippen molar-refractivity contribution in [2.24, 2.45) is 5.92 Å². The SMILES string of the molecule is CCOC(=O)[C@](C)(CC(C)C)Nc1ccc(OC)cc1. The molecule has 0 saturated heterocycles. The van der Waals surface area contributed by atoms with Gasteiger partial charge in [-0.3, -0.25) is 0 Å². The Kier molecular flexibility index (Phi) is 5.86. The molecule has 112 valence electrons. The van der Waals surface area contributed by atoms with Gasteiger partial charge in [-0.05, 0) is 50.5 Å². The highest BCUT2D eigenvalue weighted by Gasteiger charge is 2.35. The van der Waals surface area contributed by atoms with Crippen LogP contribution in [-0.4, -0.2) is 25.2 Å². The minimum Gasteiger partial charge on any atom is -0.497 e. The molecule has 0 saturated carbocycles. The van der Waals surface area contributed by atoms with Crippen LogP contribution in [-0.2, 0) is 9.53 Å². The zero-order valence-electron chi connectivity index (χ0n) is 13.0. The second-order valence-corrected chi connectivity index (χ2v) is 5.50. The summed E-state index contributed by atoms with van der Waals surface area (Å²) in [5, 5.41) is 3.29. The summed E-state index contributed by atoms with van der Waals surface area (Å²) < 4.78 is 10.3. The number of carbonyl (C=O) groups is 1. The van der Waals surface area contributed by atoms with Gasteiger partial charge in [0.25, 0.3) is 0 Å². The maximum Gasteiger partial charge on any atom is 0.331 e. The fraction of sp³-hybridized carbons (Fsp3) is 0.562. The van der Waals surface area contributed by atoms with Crippen molar-refractivity contribution in [3.63, 3.8) is 0 Å². The number of ether oxygens (including phenoxy) is 2. The van der Waals surface area contributed by atoms with Crippen LogP contribution in [0.25, 0.3) is 0 Å². The van der Waals surface area contributed by atoms with Crippen LogP contribution in [0, 0.1) is 5.92 Å². The van der Waals surface area contributed by atoms with Gasteiger partial charge >= 0.3 is 5.97 Å². The van der Waals surface area contributed by atoms with Crippen molar-refractivity contribution in [3.8, 4) is 5.75 Å². The largest absolute Gasteiger partial charge is 0.497 e. The zero-order valence-corrected chi connectivity index (χ0v) is 13.0. The van der Waals surface area contributed by atoms with E-state index in [2.05, 4.69) is 19.2 Å². The third kappa shape index (κ3) is 4.44. The molecular weight excluding hydrogens is 254 g/mol. The van der Waals surface area contributed by atoms with Crippen LogP contribution in [0.2, 0.25) is 0 Å². The minimum atomic E-state index is -0.723. The Morgan fingerprint density at radius 3 is 2.35 bits per heavy atom. The van der Waals surface area contributed by atoms with Gasteiger partial charge in [-0.25, -0.2) is 4.79 Å². The molecule has 0 amide bonds. The summed E-state index contributed by atoms with van der Waals surface area (Å²) in [5.74, 6) is 0.955. The molecule has 0 aromatic heterocycles. The summed E-state index contributed by atoms with van der Waals surface area (Å²) in [4.78, 5) is 12.2. The first-order valence-electron chi connectivity index (χ1n) is 7.00. The number of carbonyl (C=O) groups excluding carboxylic acids is 1. The first kappa shape index (κ1) is 16.3. The molecule has 20 heavy (non-hydrogen) atoms. The van der Waals surface area contributed by atoms with E-state index in [4.69, 9.17) is 9.47 Å². The number of esters is 1. The smallest absolute Gasteiger partial charge is 0.331 e. The van der Waals surface area contributed by atoms with Crippen molar-refractivity contribution in [2.45, 2.75) is 39.7 Å². The van der Waals surface area contributed by atoms with Crippen LogP contribution >= 0.6 is 0 Å². The van der Waals surface area contributed by atoms with Crippen LogP contribution in [0.5, 0.6) is 5.75 Å². The van der Waals surface area contributed by atoms with Crippen LogP contribution in [0.1, 0.15) is 34.1 Å². The second-order valence-electron chi connectivity index (χ2n) is 5.50. The lowest BCUT2D eigenvalue weighted by Crippen LogP contribution is -2.45. The summed E-state index contributed by atoms with van der Waals surface area (Å²) in [6.07, 6.45) is 0.706. The van der Waals surface area contributed by atoms with Crippen LogP contribution in [0.4, 0.5) is 5.69 Å². The second kappa shape index (κ2) is 7.17. The maximum absolute atomic E-state index is 12.2. The Hall–Kier alpha value is -1.71. The number of anilines is 1. The normalized spacial score (nSPS) is 13.7. The molecule has 0 aliphatic heterocycles. The lowest BCUT2D eigenvalue weighted by Gasteiger charge is -2.31. The van der Waals surface area contributed by atoms with Gasteiger partial charge in [-0.15, -0.1) is 0 Å². The Morgan fingerprint density at radius 2 is 1.90 bits per heavy atom. The molecule has 0 heterocycles. The number of hydrogen-bond acceptors (Lipinski definition) is 4. The van der Waals surface area contributed by atoms with Crippen molar-refractivity contribution in [1.82, 2.24) is 0 Å². The predicted molar refractivity (Wildman–Crippen MR) is 81.1 cm³/mol. The lowest BCUT2D eigenvalue weighted by molar-refractivity contribution is -0.148. The van der Waals surface area contributed by atoms with E-state index in [0.29, 0.717) is 18.9 Å². The van der Waals surface area contributed by atoms with Crippen molar-refractivity contribution < 1.29 is 14.3 Å². The highest BCUT2D eigenvalue weighted by molar-refractivity contribution is 5.84. The average molecular weight is 279 g/mol. The standard InChI is InChI=1S/C16H25NO3/c1-6-20-15(18)16(4,11-12(2)3)17-13-7-9-14(19-5)10-8-13/h7-10,12,17H,6,11H2,1-5H3/t16-/m0/s1. The van der Waals surface area contributed by atoms with Gasteiger partial charge in [0.15, 0.2) is 0 Å². The lowest BCUT2D eigenvalue weighted by atomic mass is 9.90. The predicted octanol–water partition coefficient (Wildman–Crippen LogP) is 3.48. The molecule has 0 fully saturated rings. The number of benzene rings is 1. The van der Waals surface area contributed by atoms with Crippen LogP contribution < -0.4 is 10.1 Å². The molecule has 0 aliphatic rings. The molecule has 1 N–H and O–H groups in total. The van der Waals surface area contributed by atoms with E-state index < -0.39 is 5.54 Å². The Labute approximate surface area is 121 Å². The van der Waals surface area contributed by atoms with Crippen molar-refractivity contribution in [1.29, 1.82) is 0 Å². The third-order valence-electron chi connectivity index (χ3n) is 3.05. The number of rotatable bonds is 7. The molecule has 0 aliphatic carbocycles. The third-order valence-corrected chi connectivity index (χ3v) is 3.05. The molecule has 4 nitrogen and oxygen atoms in total. The summed E-state index contributed by atoms with van der Waals surface area (Å²) in [7, 11) is 1.63. The van der Waals surface area contributed by atoms with Crippen molar-refractivity contribution in [3.05, 3.63) is 24.3 Å². The molecule has 0 radical (unpaired) electrons. The Bertz CT molecular complexity index is 428. The zero-order chi connectivity index (χ0) is 15.2. The quantitative estimate of drug-likeness (QED) is 0.776.